The maximum atomic E-state index is 14.4. The smallest absolute Gasteiger partial charge is 0.242 e. The number of rotatable bonds is 7. The maximum Gasteiger partial charge on any atom is 0.242 e. The predicted molar refractivity (Wildman–Crippen MR) is 89.4 cm³/mol. The Morgan fingerprint density at radius 1 is 1.38 bits per heavy atom. The standard InChI is InChI=1S/C18H23FN2O3/c1-20-18(24)17(3-2-10-22)21-13-6-9-15(16(19)11-13)12-4-7-14(23)8-5-12/h6,9-12,17,21H,2-5,7-8H2,1H3,(H,20,24). The molecule has 1 atom stereocenters. The first-order valence-corrected chi connectivity index (χ1v) is 8.28. The Balaban J connectivity index is 2.08. The van der Waals surface area contributed by atoms with Gasteiger partial charge in [0.15, 0.2) is 0 Å². The summed E-state index contributed by atoms with van der Waals surface area (Å²) >= 11 is 0. The average molecular weight is 334 g/mol. The van der Waals surface area contributed by atoms with E-state index in [4.69, 9.17) is 0 Å². The van der Waals surface area contributed by atoms with Crippen molar-refractivity contribution in [1.82, 2.24) is 5.32 Å². The van der Waals surface area contributed by atoms with Crippen molar-refractivity contribution >= 4 is 23.7 Å². The van der Waals surface area contributed by atoms with Crippen LogP contribution in [0.2, 0.25) is 0 Å². The summed E-state index contributed by atoms with van der Waals surface area (Å²) in [5.41, 5.74) is 1.13. The highest BCUT2D eigenvalue weighted by Crippen LogP contribution is 2.33. The summed E-state index contributed by atoms with van der Waals surface area (Å²) in [6, 6.07) is 4.25. The number of Topliss-reactive ketones (excluding diaryl/α,β-unsaturated/α-hetero) is 1. The number of ketones is 1. The zero-order valence-corrected chi connectivity index (χ0v) is 13.8. The van der Waals surface area contributed by atoms with E-state index < -0.39 is 6.04 Å². The van der Waals surface area contributed by atoms with E-state index in [1.165, 1.54) is 13.1 Å². The van der Waals surface area contributed by atoms with E-state index in [1.807, 2.05) is 0 Å². The third kappa shape index (κ3) is 4.63. The van der Waals surface area contributed by atoms with E-state index >= 15 is 0 Å². The fraction of sp³-hybridized carbons (Fsp3) is 0.500. The topological polar surface area (TPSA) is 75.3 Å². The van der Waals surface area contributed by atoms with Gasteiger partial charge in [-0.05, 0) is 42.9 Å². The number of carbonyl (C=O) groups excluding carboxylic acids is 3. The van der Waals surface area contributed by atoms with Crippen LogP contribution in [0.15, 0.2) is 18.2 Å². The van der Waals surface area contributed by atoms with E-state index in [0.29, 0.717) is 43.4 Å². The number of nitrogens with one attached hydrogen (secondary N) is 2. The zero-order valence-electron chi connectivity index (χ0n) is 13.8. The molecular formula is C18H23FN2O3. The highest BCUT2D eigenvalue weighted by atomic mass is 19.1. The van der Waals surface area contributed by atoms with Gasteiger partial charge in [-0.1, -0.05) is 6.07 Å². The molecule has 1 saturated carbocycles. The maximum absolute atomic E-state index is 14.4. The molecule has 1 aromatic carbocycles. The van der Waals surface area contributed by atoms with Gasteiger partial charge >= 0.3 is 0 Å². The van der Waals surface area contributed by atoms with E-state index in [9.17, 15) is 18.8 Å². The quantitative estimate of drug-likeness (QED) is 0.752. The van der Waals surface area contributed by atoms with Gasteiger partial charge in [-0.25, -0.2) is 4.39 Å². The molecule has 0 radical (unpaired) electrons. The third-order valence-electron chi connectivity index (χ3n) is 4.46. The highest BCUT2D eigenvalue weighted by Gasteiger charge is 2.23. The summed E-state index contributed by atoms with van der Waals surface area (Å²) in [6.07, 6.45) is 3.74. The number of hydrogen-bond donors (Lipinski definition) is 2. The van der Waals surface area contributed by atoms with Gasteiger partial charge in [0, 0.05) is 32.0 Å². The molecule has 5 nitrogen and oxygen atoms in total. The van der Waals surface area contributed by atoms with Crippen LogP contribution in [0, 0.1) is 5.82 Å². The molecular weight excluding hydrogens is 311 g/mol. The Hall–Kier alpha value is -2.24. The molecule has 1 aliphatic rings. The van der Waals surface area contributed by atoms with Crippen molar-refractivity contribution in [3.05, 3.63) is 29.6 Å². The molecule has 0 aliphatic heterocycles. The SMILES string of the molecule is CNC(=O)C(CCC=O)Nc1ccc(C2CCC(=O)CC2)c(F)c1. The van der Waals surface area contributed by atoms with Gasteiger partial charge in [0.2, 0.25) is 5.91 Å². The van der Waals surface area contributed by atoms with E-state index in [-0.39, 0.29) is 29.8 Å². The van der Waals surface area contributed by atoms with Gasteiger partial charge < -0.3 is 15.4 Å². The predicted octanol–water partition coefficient (Wildman–Crippen LogP) is 2.56. The minimum Gasteiger partial charge on any atom is -0.374 e. The molecule has 130 valence electrons. The fourth-order valence-electron chi connectivity index (χ4n) is 3.08. The first-order chi connectivity index (χ1) is 11.5. The minimum atomic E-state index is -0.585. The first-order valence-electron chi connectivity index (χ1n) is 8.28. The number of aldehydes is 1. The third-order valence-corrected chi connectivity index (χ3v) is 4.46. The monoisotopic (exact) mass is 334 g/mol. The number of hydrogen-bond acceptors (Lipinski definition) is 4. The van der Waals surface area contributed by atoms with Crippen LogP contribution >= 0.6 is 0 Å². The first kappa shape index (κ1) is 18.1. The molecule has 2 N–H and O–H groups in total. The Kier molecular flexibility index (Phi) is 6.46. The molecule has 24 heavy (non-hydrogen) atoms. The van der Waals surface area contributed by atoms with Gasteiger partial charge in [0.25, 0.3) is 0 Å². The van der Waals surface area contributed by atoms with Crippen molar-refractivity contribution in [3.63, 3.8) is 0 Å². The van der Waals surface area contributed by atoms with Crippen LogP contribution in [0.25, 0.3) is 0 Å². The van der Waals surface area contributed by atoms with Crippen LogP contribution in [-0.2, 0) is 14.4 Å². The molecule has 0 heterocycles. The molecule has 0 spiro atoms. The van der Waals surface area contributed by atoms with Gasteiger partial charge in [-0.3, -0.25) is 9.59 Å². The van der Waals surface area contributed by atoms with Crippen LogP contribution in [0.1, 0.15) is 50.0 Å². The minimum absolute atomic E-state index is 0.0709. The molecule has 1 fully saturated rings. The second-order valence-corrected chi connectivity index (χ2v) is 6.10. The number of carbonyl (C=O) groups is 3. The number of likely N-dealkylation sites (N-methyl/N-ethyl adjacent to an activating group) is 1. The van der Waals surface area contributed by atoms with E-state index in [2.05, 4.69) is 10.6 Å². The van der Waals surface area contributed by atoms with Gasteiger partial charge in [0.05, 0.1) is 0 Å². The largest absolute Gasteiger partial charge is 0.374 e. The molecule has 1 amide bonds. The average Bonchev–Trinajstić information content (AvgIpc) is 2.59. The van der Waals surface area contributed by atoms with Crippen LogP contribution < -0.4 is 10.6 Å². The summed E-state index contributed by atoms with van der Waals surface area (Å²) in [7, 11) is 1.52. The highest BCUT2D eigenvalue weighted by molar-refractivity contribution is 5.84. The lowest BCUT2D eigenvalue weighted by Crippen LogP contribution is -2.37. The number of benzene rings is 1. The zero-order chi connectivity index (χ0) is 17.5. The molecule has 0 aromatic heterocycles. The van der Waals surface area contributed by atoms with Crippen molar-refractivity contribution in [2.24, 2.45) is 0 Å². The number of halogens is 1. The normalized spacial score (nSPS) is 16.5. The fourth-order valence-corrected chi connectivity index (χ4v) is 3.08. The van der Waals surface area contributed by atoms with E-state index in [0.717, 1.165) is 6.29 Å². The van der Waals surface area contributed by atoms with Crippen LogP contribution in [0.5, 0.6) is 0 Å². The summed E-state index contributed by atoms with van der Waals surface area (Å²) in [4.78, 5) is 33.7. The summed E-state index contributed by atoms with van der Waals surface area (Å²) in [6.45, 7) is 0. The van der Waals surface area contributed by atoms with Crippen LogP contribution in [-0.4, -0.2) is 31.1 Å². The second kappa shape index (κ2) is 8.57. The molecule has 0 saturated heterocycles. The molecule has 1 unspecified atom stereocenters. The molecule has 1 aliphatic carbocycles. The van der Waals surface area contributed by atoms with Crippen molar-refractivity contribution in [3.8, 4) is 0 Å². The molecule has 0 bridgehead atoms. The van der Waals surface area contributed by atoms with Gasteiger partial charge in [-0.15, -0.1) is 0 Å². The van der Waals surface area contributed by atoms with Gasteiger partial charge in [-0.2, -0.15) is 0 Å². The lowest BCUT2D eigenvalue weighted by atomic mass is 9.83. The van der Waals surface area contributed by atoms with Crippen LogP contribution in [0.3, 0.4) is 0 Å². The summed E-state index contributed by atoms with van der Waals surface area (Å²) < 4.78 is 14.4. The molecule has 6 heteroatoms. The van der Waals surface area contributed by atoms with Crippen molar-refractivity contribution in [2.75, 3.05) is 12.4 Å². The summed E-state index contributed by atoms with van der Waals surface area (Å²) in [5, 5.41) is 5.51. The van der Waals surface area contributed by atoms with Crippen LogP contribution in [0.4, 0.5) is 10.1 Å². The Morgan fingerprint density at radius 2 is 2.08 bits per heavy atom. The number of amides is 1. The Bertz CT molecular complexity index is 608. The number of anilines is 1. The van der Waals surface area contributed by atoms with Crippen molar-refractivity contribution < 1.29 is 18.8 Å². The molecule has 2 rings (SSSR count). The van der Waals surface area contributed by atoms with Gasteiger partial charge in [0.1, 0.15) is 23.9 Å². The molecule has 1 aromatic rings. The van der Waals surface area contributed by atoms with Crippen molar-refractivity contribution in [2.45, 2.75) is 50.5 Å². The Morgan fingerprint density at radius 3 is 2.67 bits per heavy atom. The second-order valence-electron chi connectivity index (χ2n) is 6.10. The van der Waals surface area contributed by atoms with Crippen molar-refractivity contribution in [1.29, 1.82) is 0 Å². The van der Waals surface area contributed by atoms with E-state index in [1.54, 1.807) is 12.1 Å². The lowest BCUT2D eigenvalue weighted by Gasteiger charge is -2.23. The Labute approximate surface area is 141 Å². The lowest BCUT2D eigenvalue weighted by molar-refractivity contribution is -0.122. The summed E-state index contributed by atoms with van der Waals surface area (Å²) in [5.74, 6) is -0.257.